The third-order valence-corrected chi connectivity index (χ3v) is 3.13. The monoisotopic (exact) mass is 335 g/mol. The molecule has 0 spiro atoms. The Bertz CT molecular complexity index is 737. The predicted octanol–water partition coefficient (Wildman–Crippen LogP) is 3.49. The van der Waals surface area contributed by atoms with E-state index in [9.17, 15) is 14.0 Å². The molecule has 5 nitrogen and oxygen atoms in total. The second kappa shape index (κ2) is 7.60. The molecule has 0 aliphatic heterocycles. The molecule has 0 unspecified atom stereocenters. The molecule has 2 rings (SSSR count). The topological polar surface area (TPSA) is 70.2 Å². The zero-order valence-corrected chi connectivity index (χ0v) is 13.1. The zero-order valence-electron chi connectivity index (χ0n) is 12.3. The normalized spacial score (nSPS) is 10.0. The van der Waals surface area contributed by atoms with Crippen molar-refractivity contribution in [1.29, 1.82) is 0 Å². The Hall–Kier alpha value is -2.60. The van der Waals surface area contributed by atoms with Gasteiger partial charge in [0, 0.05) is 24.0 Å². The van der Waals surface area contributed by atoms with Gasteiger partial charge in [-0.1, -0.05) is 17.7 Å². The van der Waals surface area contributed by atoms with E-state index in [2.05, 4.69) is 16.0 Å². The Morgan fingerprint density at radius 2 is 1.74 bits per heavy atom. The standard InChI is InChI=1S/C16H15ClFN3O2/c1-10(22)20-12-4-2-3-11(7-12)19-9-16(23)21-13-5-6-15(18)14(17)8-13/h2-8,19H,9H2,1H3,(H,20,22)(H,21,23). The largest absolute Gasteiger partial charge is 0.376 e. The molecule has 0 atom stereocenters. The van der Waals surface area contributed by atoms with Crippen molar-refractivity contribution in [2.24, 2.45) is 0 Å². The van der Waals surface area contributed by atoms with Crippen LogP contribution in [0.3, 0.4) is 0 Å². The molecule has 0 bridgehead atoms. The fraction of sp³-hybridized carbons (Fsp3) is 0.125. The number of hydrogen-bond donors (Lipinski definition) is 3. The zero-order chi connectivity index (χ0) is 16.8. The van der Waals surface area contributed by atoms with Crippen LogP contribution in [0.2, 0.25) is 5.02 Å². The molecular formula is C16H15ClFN3O2. The quantitative estimate of drug-likeness (QED) is 0.783. The summed E-state index contributed by atoms with van der Waals surface area (Å²) in [5, 5.41) is 8.14. The van der Waals surface area contributed by atoms with Crippen molar-refractivity contribution in [2.45, 2.75) is 6.92 Å². The van der Waals surface area contributed by atoms with Gasteiger partial charge in [0.2, 0.25) is 11.8 Å². The van der Waals surface area contributed by atoms with Gasteiger partial charge in [-0.25, -0.2) is 4.39 Å². The third-order valence-electron chi connectivity index (χ3n) is 2.84. The van der Waals surface area contributed by atoms with Crippen LogP contribution in [-0.2, 0) is 9.59 Å². The van der Waals surface area contributed by atoms with Crippen LogP contribution in [0.5, 0.6) is 0 Å². The molecule has 3 N–H and O–H groups in total. The fourth-order valence-electron chi connectivity index (χ4n) is 1.87. The van der Waals surface area contributed by atoms with Gasteiger partial charge in [0.15, 0.2) is 0 Å². The van der Waals surface area contributed by atoms with Crippen LogP contribution in [0, 0.1) is 5.82 Å². The summed E-state index contributed by atoms with van der Waals surface area (Å²) in [6, 6.07) is 10.9. The highest BCUT2D eigenvalue weighted by molar-refractivity contribution is 6.31. The lowest BCUT2D eigenvalue weighted by atomic mass is 10.2. The van der Waals surface area contributed by atoms with Gasteiger partial charge in [-0.3, -0.25) is 9.59 Å². The highest BCUT2D eigenvalue weighted by atomic mass is 35.5. The molecule has 0 heterocycles. The molecular weight excluding hydrogens is 321 g/mol. The molecule has 0 aliphatic rings. The van der Waals surface area contributed by atoms with E-state index in [0.717, 1.165) is 0 Å². The summed E-state index contributed by atoms with van der Waals surface area (Å²) < 4.78 is 13.0. The van der Waals surface area contributed by atoms with Gasteiger partial charge < -0.3 is 16.0 Å². The van der Waals surface area contributed by atoms with Gasteiger partial charge in [0.05, 0.1) is 11.6 Å². The van der Waals surface area contributed by atoms with Crippen molar-refractivity contribution in [3.63, 3.8) is 0 Å². The third kappa shape index (κ3) is 5.27. The van der Waals surface area contributed by atoms with E-state index in [1.807, 2.05) is 0 Å². The maximum Gasteiger partial charge on any atom is 0.243 e. The average Bonchev–Trinajstić information content (AvgIpc) is 2.49. The van der Waals surface area contributed by atoms with Gasteiger partial charge in [-0.05, 0) is 36.4 Å². The van der Waals surface area contributed by atoms with Crippen molar-refractivity contribution in [3.8, 4) is 0 Å². The summed E-state index contributed by atoms with van der Waals surface area (Å²) in [4.78, 5) is 22.9. The first-order chi connectivity index (χ1) is 10.9. The van der Waals surface area contributed by atoms with Gasteiger partial charge in [-0.15, -0.1) is 0 Å². The molecule has 2 aromatic rings. The number of hydrogen-bond acceptors (Lipinski definition) is 3. The maximum atomic E-state index is 13.0. The molecule has 120 valence electrons. The first-order valence-electron chi connectivity index (χ1n) is 6.80. The number of carbonyl (C=O) groups excluding carboxylic acids is 2. The smallest absolute Gasteiger partial charge is 0.243 e. The summed E-state index contributed by atoms with van der Waals surface area (Å²) in [5.41, 5.74) is 1.73. The van der Waals surface area contributed by atoms with Crippen LogP contribution in [0.25, 0.3) is 0 Å². The van der Waals surface area contributed by atoms with E-state index in [-0.39, 0.29) is 23.4 Å². The Labute approximate surface area is 137 Å². The summed E-state index contributed by atoms with van der Waals surface area (Å²) in [5.74, 6) is -1.02. The van der Waals surface area contributed by atoms with Gasteiger partial charge in [0.1, 0.15) is 5.82 Å². The number of anilines is 3. The Balaban J connectivity index is 1.91. The van der Waals surface area contributed by atoms with Gasteiger partial charge in [-0.2, -0.15) is 0 Å². The highest BCUT2D eigenvalue weighted by Crippen LogP contribution is 2.19. The van der Waals surface area contributed by atoms with E-state index in [4.69, 9.17) is 11.6 Å². The molecule has 0 saturated heterocycles. The van der Waals surface area contributed by atoms with Crippen molar-refractivity contribution >= 4 is 40.5 Å². The second-order valence-electron chi connectivity index (χ2n) is 4.79. The number of benzene rings is 2. The van der Waals surface area contributed by atoms with Crippen molar-refractivity contribution in [3.05, 3.63) is 53.3 Å². The molecule has 0 saturated carbocycles. The molecule has 0 fully saturated rings. The van der Waals surface area contributed by atoms with Crippen molar-refractivity contribution < 1.29 is 14.0 Å². The van der Waals surface area contributed by atoms with Crippen molar-refractivity contribution in [2.75, 3.05) is 22.5 Å². The van der Waals surface area contributed by atoms with Crippen molar-refractivity contribution in [1.82, 2.24) is 0 Å². The number of rotatable bonds is 5. The Kier molecular flexibility index (Phi) is 5.54. The van der Waals surface area contributed by atoms with Crippen LogP contribution in [-0.4, -0.2) is 18.4 Å². The Morgan fingerprint density at radius 3 is 2.43 bits per heavy atom. The van der Waals surface area contributed by atoms with E-state index in [0.29, 0.717) is 17.1 Å². The summed E-state index contributed by atoms with van der Waals surface area (Å²) in [6.45, 7) is 1.43. The second-order valence-corrected chi connectivity index (χ2v) is 5.20. The lowest BCUT2D eigenvalue weighted by molar-refractivity contribution is -0.115. The van der Waals surface area contributed by atoms with Crippen LogP contribution >= 0.6 is 11.6 Å². The minimum absolute atomic E-state index is 0.0124. The molecule has 0 radical (unpaired) electrons. The molecule has 2 amide bonds. The average molecular weight is 336 g/mol. The number of halogens is 2. The van der Waals surface area contributed by atoms with E-state index in [1.165, 1.54) is 25.1 Å². The van der Waals surface area contributed by atoms with Gasteiger partial charge in [0.25, 0.3) is 0 Å². The summed E-state index contributed by atoms with van der Waals surface area (Å²) in [7, 11) is 0. The van der Waals surface area contributed by atoms with E-state index in [1.54, 1.807) is 24.3 Å². The molecule has 7 heteroatoms. The number of nitrogens with one attached hydrogen (secondary N) is 3. The van der Waals surface area contributed by atoms with E-state index < -0.39 is 5.82 Å². The van der Waals surface area contributed by atoms with Gasteiger partial charge >= 0.3 is 0 Å². The number of carbonyl (C=O) groups is 2. The first-order valence-corrected chi connectivity index (χ1v) is 7.18. The number of amides is 2. The maximum absolute atomic E-state index is 13.0. The molecule has 2 aromatic carbocycles. The minimum Gasteiger partial charge on any atom is -0.376 e. The fourth-order valence-corrected chi connectivity index (χ4v) is 2.05. The molecule has 0 aliphatic carbocycles. The van der Waals surface area contributed by atoms with Crippen LogP contribution in [0.4, 0.5) is 21.5 Å². The molecule has 23 heavy (non-hydrogen) atoms. The summed E-state index contributed by atoms with van der Waals surface area (Å²) in [6.07, 6.45) is 0. The van der Waals surface area contributed by atoms with Crippen LogP contribution in [0.15, 0.2) is 42.5 Å². The lowest BCUT2D eigenvalue weighted by Crippen LogP contribution is -2.21. The Morgan fingerprint density at radius 1 is 1.04 bits per heavy atom. The van der Waals surface area contributed by atoms with Crippen LogP contribution < -0.4 is 16.0 Å². The van der Waals surface area contributed by atoms with E-state index >= 15 is 0 Å². The predicted molar refractivity (Wildman–Crippen MR) is 89.3 cm³/mol. The first kappa shape index (κ1) is 16.8. The van der Waals surface area contributed by atoms with Crippen LogP contribution in [0.1, 0.15) is 6.92 Å². The lowest BCUT2D eigenvalue weighted by Gasteiger charge is -2.10. The SMILES string of the molecule is CC(=O)Nc1cccc(NCC(=O)Nc2ccc(F)c(Cl)c2)c1. The molecule has 0 aromatic heterocycles. The highest BCUT2D eigenvalue weighted by Gasteiger charge is 2.06. The summed E-state index contributed by atoms with van der Waals surface area (Å²) >= 11 is 5.65. The minimum atomic E-state index is -0.544.